The Labute approximate surface area is 158 Å². The van der Waals surface area contributed by atoms with E-state index in [4.69, 9.17) is 9.88 Å². The first-order valence-corrected chi connectivity index (χ1v) is 9.65. The van der Waals surface area contributed by atoms with Gasteiger partial charge in [-0.1, -0.05) is 12.1 Å². The van der Waals surface area contributed by atoms with E-state index in [1.807, 2.05) is 6.07 Å². The first kappa shape index (κ1) is 18.1. The molecule has 9 heteroatoms. The van der Waals surface area contributed by atoms with Crippen molar-refractivity contribution in [3.05, 3.63) is 58.7 Å². The molecule has 2 aromatic carbocycles. The molecule has 0 bridgehead atoms. The van der Waals surface area contributed by atoms with Crippen molar-refractivity contribution in [2.45, 2.75) is 4.90 Å². The highest BCUT2D eigenvalue weighted by Gasteiger charge is 2.20. The molecule has 0 aliphatic carbocycles. The van der Waals surface area contributed by atoms with Crippen molar-refractivity contribution < 1.29 is 13.2 Å². The van der Waals surface area contributed by atoms with Gasteiger partial charge in [-0.15, -0.1) is 0 Å². The molecule has 3 aromatic rings. The van der Waals surface area contributed by atoms with Crippen molar-refractivity contribution in [2.24, 2.45) is 5.14 Å². The maximum atomic E-state index is 11.9. The Morgan fingerprint density at radius 1 is 1.23 bits per heavy atom. The maximum absolute atomic E-state index is 11.9. The number of rotatable bonds is 4. The molecule has 1 heterocycles. The van der Waals surface area contributed by atoms with Gasteiger partial charge in [-0.05, 0) is 46.3 Å². The molecular weight excluding hydrogens is 420 g/mol. The number of hydrogen-bond donors (Lipinski definition) is 1. The number of sulfonamides is 1. The second-order valence-electron chi connectivity index (χ2n) is 5.30. The lowest BCUT2D eigenvalue weighted by atomic mass is 10.1. The minimum absolute atomic E-state index is 0.0820. The standard InChI is InChI=1S/C17H13BrN4O3S/c1-25-16-7-6-11(8-13(16)18)15-9-12(10-19)21-22(15)14-4-2-3-5-17(14)26(20,23)24/h2-9H,1H3,(H2,20,23,24). The summed E-state index contributed by atoms with van der Waals surface area (Å²) in [6.45, 7) is 0. The Morgan fingerprint density at radius 3 is 2.58 bits per heavy atom. The molecule has 0 saturated heterocycles. The minimum Gasteiger partial charge on any atom is -0.496 e. The van der Waals surface area contributed by atoms with Gasteiger partial charge in [-0.3, -0.25) is 0 Å². The summed E-state index contributed by atoms with van der Waals surface area (Å²) in [4.78, 5) is -0.0820. The van der Waals surface area contributed by atoms with E-state index in [-0.39, 0.29) is 16.3 Å². The number of benzene rings is 2. The van der Waals surface area contributed by atoms with Crippen molar-refractivity contribution in [1.29, 1.82) is 5.26 Å². The van der Waals surface area contributed by atoms with Crippen molar-refractivity contribution in [3.8, 4) is 28.8 Å². The van der Waals surface area contributed by atoms with E-state index in [0.29, 0.717) is 15.9 Å². The van der Waals surface area contributed by atoms with Gasteiger partial charge in [0, 0.05) is 11.6 Å². The van der Waals surface area contributed by atoms with Crippen molar-refractivity contribution in [2.75, 3.05) is 7.11 Å². The minimum atomic E-state index is -3.97. The topological polar surface area (TPSA) is 111 Å². The normalized spacial score (nSPS) is 11.2. The van der Waals surface area contributed by atoms with Gasteiger partial charge in [0.1, 0.15) is 16.7 Å². The van der Waals surface area contributed by atoms with Gasteiger partial charge >= 0.3 is 0 Å². The highest BCUT2D eigenvalue weighted by Crippen LogP contribution is 2.32. The molecule has 0 amide bonds. The van der Waals surface area contributed by atoms with E-state index < -0.39 is 10.0 Å². The summed E-state index contributed by atoms with van der Waals surface area (Å²) in [7, 11) is -2.41. The van der Waals surface area contributed by atoms with E-state index in [1.54, 1.807) is 49.6 Å². The fraction of sp³-hybridized carbons (Fsp3) is 0.0588. The van der Waals surface area contributed by atoms with Crippen LogP contribution in [-0.4, -0.2) is 25.3 Å². The van der Waals surface area contributed by atoms with Gasteiger partial charge in [-0.2, -0.15) is 10.4 Å². The number of nitrogens with zero attached hydrogens (tertiary/aromatic N) is 3. The average molecular weight is 433 g/mol. The predicted octanol–water partition coefficient (Wildman–Crippen LogP) is 2.83. The number of para-hydroxylation sites is 1. The van der Waals surface area contributed by atoms with Crippen LogP contribution < -0.4 is 9.88 Å². The lowest BCUT2D eigenvalue weighted by molar-refractivity contribution is 0.412. The predicted molar refractivity (Wildman–Crippen MR) is 99.3 cm³/mol. The Hall–Kier alpha value is -2.67. The fourth-order valence-electron chi connectivity index (χ4n) is 2.52. The second-order valence-corrected chi connectivity index (χ2v) is 7.68. The van der Waals surface area contributed by atoms with Crippen LogP contribution in [0, 0.1) is 11.3 Å². The molecule has 0 aliphatic rings. The van der Waals surface area contributed by atoms with Crippen molar-refractivity contribution in [3.63, 3.8) is 0 Å². The molecule has 0 fully saturated rings. The summed E-state index contributed by atoms with van der Waals surface area (Å²) in [5.74, 6) is 0.644. The molecule has 1 aromatic heterocycles. The van der Waals surface area contributed by atoms with E-state index in [1.165, 1.54) is 10.7 Å². The van der Waals surface area contributed by atoms with Crippen molar-refractivity contribution in [1.82, 2.24) is 9.78 Å². The van der Waals surface area contributed by atoms with Gasteiger partial charge in [0.15, 0.2) is 5.69 Å². The van der Waals surface area contributed by atoms with Crippen LogP contribution in [0.25, 0.3) is 16.9 Å². The largest absolute Gasteiger partial charge is 0.496 e. The third-order valence-corrected chi connectivity index (χ3v) is 5.25. The number of halogens is 1. The number of aromatic nitrogens is 2. The zero-order valence-corrected chi connectivity index (χ0v) is 16.0. The van der Waals surface area contributed by atoms with Gasteiger partial charge < -0.3 is 4.74 Å². The fourth-order valence-corrected chi connectivity index (χ4v) is 3.78. The zero-order valence-electron chi connectivity index (χ0n) is 13.5. The van der Waals surface area contributed by atoms with Crippen LogP contribution in [0.5, 0.6) is 5.75 Å². The third kappa shape index (κ3) is 3.35. The molecule has 0 radical (unpaired) electrons. The summed E-state index contributed by atoms with van der Waals surface area (Å²) in [6, 6.07) is 15.1. The van der Waals surface area contributed by atoms with Gasteiger partial charge in [-0.25, -0.2) is 18.2 Å². The number of nitriles is 1. The van der Waals surface area contributed by atoms with Crippen LogP contribution in [0.1, 0.15) is 5.69 Å². The van der Waals surface area contributed by atoms with Crippen LogP contribution in [0.15, 0.2) is 57.9 Å². The quantitative estimate of drug-likeness (QED) is 0.680. The molecule has 0 aliphatic heterocycles. The molecule has 0 unspecified atom stereocenters. The number of methoxy groups -OCH3 is 1. The molecule has 132 valence electrons. The molecule has 0 atom stereocenters. The summed E-state index contributed by atoms with van der Waals surface area (Å²) >= 11 is 3.42. The number of nitrogens with two attached hydrogens (primary N) is 1. The smallest absolute Gasteiger partial charge is 0.240 e. The van der Waals surface area contributed by atoms with E-state index in [2.05, 4.69) is 21.0 Å². The molecule has 3 rings (SSSR count). The number of primary sulfonamides is 1. The van der Waals surface area contributed by atoms with Gasteiger partial charge in [0.2, 0.25) is 10.0 Å². The zero-order chi connectivity index (χ0) is 18.9. The van der Waals surface area contributed by atoms with Crippen molar-refractivity contribution >= 4 is 26.0 Å². The molecule has 0 spiro atoms. The van der Waals surface area contributed by atoms with Crippen LogP contribution >= 0.6 is 15.9 Å². The van der Waals surface area contributed by atoms with Crippen LogP contribution in [0.2, 0.25) is 0 Å². The summed E-state index contributed by atoms with van der Waals surface area (Å²) in [6.07, 6.45) is 0. The SMILES string of the molecule is COc1ccc(-c2cc(C#N)nn2-c2ccccc2S(N)(=O)=O)cc1Br. The maximum Gasteiger partial charge on any atom is 0.240 e. The van der Waals surface area contributed by atoms with E-state index >= 15 is 0 Å². The molecular formula is C17H13BrN4O3S. The van der Waals surface area contributed by atoms with Crippen LogP contribution in [0.3, 0.4) is 0 Å². The Morgan fingerprint density at radius 2 is 1.96 bits per heavy atom. The molecule has 7 nitrogen and oxygen atoms in total. The first-order valence-electron chi connectivity index (χ1n) is 7.31. The van der Waals surface area contributed by atoms with Gasteiger partial charge in [0.25, 0.3) is 0 Å². The first-order chi connectivity index (χ1) is 12.3. The molecule has 2 N–H and O–H groups in total. The Balaban J connectivity index is 2.28. The number of ether oxygens (including phenoxy) is 1. The summed E-state index contributed by atoms with van der Waals surface area (Å²) in [5.41, 5.74) is 1.67. The lowest BCUT2D eigenvalue weighted by Gasteiger charge is -2.12. The Kier molecular flexibility index (Phi) is 4.82. The third-order valence-electron chi connectivity index (χ3n) is 3.67. The van der Waals surface area contributed by atoms with E-state index in [0.717, 1.165) is 5.56 Å². The van der Waals surface area contributed by atoms with Gasteiger partial charge in [0.05, 0.1) is 23.0 Å². The molecule has 0 saturated carbocycles. The van der Waals surface area contributed by atoms with Crippen LogP contribution in [0.4, 0.5) is 0 Å². The summed E-state index contributed by atoms with van der Waals surface area (Å²) in [5, 5.41) is 18.8. The average Bonchev–Trinajstić information content (AvgIpc) is 3.05. The summed E-state index contributed by atoms with van der Waals surface area (Å²) < 4.78 is 31.2. The highest BCUT2D eigenvalue weighted by molar-refractivity contribution is 9.10. The van der Waals surface area contributed by atoms with Crippen LogP contribution in [-0.2, 0) is 10.0 Å². The molecule has 26 heavy (non-hydrogen) atoms. The van der Waals surface area contributed by atoms with E-state index in [9.17, 15) is 13.7 Å². The lowest BCUT2D eigenvalue weighted by Crippen LogP contribution is -2.16. The highest BCUT2D eigenvalue weighted by atomic mass is 79.9. The second kappa shape index (κ2) is 6.92. The Bertz CT molecular complexity index is 1130. The monoisotopic (exact) mass is 432 g/mol. The number of hydrogen-bond acceptors (Lipinski definition) is 5.